The summed E-state index contributed by atoms with van der Waals surface area (Å²) in [7, 11) is -3.73. The lowest BCUT2D eigenvalue weighted by molar-refractivity contribution is -0.122. The number of nitrogens with one attached hydrogen (secondary N) is 1. The molecule has 10 nitrogen and oxygen atoms in total. The van der Waals surface area contributed by atoms with E-state index in [4.69, 9.17) is 21.1 Å². The zero-order chi connectivity index (χ0) is 28.2. The molecule has 3 heterocycles. The fourth-order valence-corrected chi connectivity index (χ4v) is 6.98. The number of rotatable bonds is 7. The van der Waals surface area contributed by atoms with Gasteiger partial charge >= 0.3 is 6.09 Å². The second-order valence-electron chi connectivity index (χ2n) is 10.7. The molecule has 1 aromatic carbocycles. The van der Waals surface area contributed by atoms with Crippen LogP contribution in [-0.4, -0.2) is 79.6 Å². The third-order valence-corrected chi connectivity index (χ3v) is 9.73. The van der Waals surface area contributed by atoms with Gasteiger partial charge in [-0.05, 0) is 63.6 Å². The molecule has 0 radical (unpaired) electrons. The number of nitrogens with zero attached hydrogens (tertiary/aromatic N) is 3. The van der Waals surface area contributed by atoms with Crippen molar-refractivity contribution in [1.29, 1.82) is 0 Å². The Morgan fingerprint density at radius 2 is 1.79 bits per heavy atom. The topological polar surface area (TPSA) is 118 Å². The minimum atomic E-state index is -3.73. The van der Waals surface area contributed by atoms with Gasteiger partial charge in [-0.1, -0.05) is 35.1 Å². The second kappa shape index (κ2) is 12.5. The molecule has 0 aliphatic carbocycles. The van der Waals surface area contributed by atoms with Gasteiger partial charge in [-0.3, -0.25) is 4.79 Å². The standard InChI is InChI=1S/C26H35ClN4O6S2/c1-26(2,3)37-25(33)30-10-12-31(13-11-30)39(34,35)20-6-4-18(5-7-20)16-21(19-8-14-36-15-9-19)23(32)29-24-28-17-22(27)38-24/h4-7,17,19,21H,8-16H2,1-3H3,(H,28,29,32). The summed E-state index contributed by atoms with van der Waals surface area (Å²) >= 11 is 7.17. The minimum absolute atomic E-state index is 0.132. The van der Waals surface area contributed by atoms with Gasteiger partial charge in [0.15, 0.2) is 5.13 Å². The molecule has 214 valence electrons. The van der Waals surface area contributed by atoms with Crippen LogP contribution in [0.4, 0.5) is 9.93 Å². The number of aromatic nitrogens is 1. The first-order valence-corrected chi connectivity index (χ1v) is 15.6. The third kappa shape index (κ3) is 7.91. The minimum Gasteiger partial charge on any atom is -0.444 e. The molecule has 2 aromatic rings. The van der Waals surface area contributed by atoms with Gasteiger partial charge in [0.1, 0.15) is 9.94 Å². The molecule has 39 heavy (non-hydrogen) atoms. The number of thiazole rings is 1. The Hall–Kier alpha value is -2.25. The largest absolute Gasteiger partial charge is 0.444 e. The SMILES string of the molecule is CC(C)(C)OC(=O)N1CCN(S(=O)(=O)c2ccc(CC(C(=O)Nc3ncc(Cl)s3)C3CCOCC3)cc2)CC1. The van der Waals surface area contributed by atoms with Crippen molar-refractivity contribution in [3.8, 4) is 0 Å². The van der Waals surface area contributed by atoms with E-state index in [1.54, 1.807) is 45.0 Å². The molecule has 2 aliphatic rings. The highest BCUT2D eigenvalue weighted by Crippen LogP contribution is 2.30. The molecule has 2 fully saturated rings. The van der Waals surface area contributed by atoms with E-state index in [0.717, 1.165) is 18.4 Å². The van der Waals surface area contributed by atoms with Crippen molar-refractivity contribution in [2.24, 2.45) is 11.8 Å². The molecule has 0 saturated carbocycles. The maximum absolute atomic E-state index is 13.3. The Labute approximate surface area is 238 Å². The number of halogens is 1. The van der Waals surface area contributed by atoms with Crippen LogP contribution >= 0.6 is 22.9 Å². The number of sulfonamides is 1. The lowest BCUT2D eigenvalue weighted by atomic mass is 9.81. The fraction of sp³-hybridized carbons (Fsp3) is 0.577. The first-order chi connectivity index (χ1) is 18.4. The van der Waals surface area contributed by atoms with Gasteiger partial charge in [-0.15, -0.1) is 0 Å². The Balaban J connectivity index is 1.41. The molecule has 13 heteroatoms. The monoisotopic (exact) mass is 598 g/mol. The van der Waals surface area contributed by atoms with Gasteiger partial charge < -0.3 is 19.7 Å². The average molecular weight is 599 g/mol. The summed E-state index contributed by atoms with van der Waals surface area (Å²) in [6.45, 7) is 7.51. The molecule has 2 saturated heterocycles. The lowest BCUT2D eigenvalue weighted by Gasteiger charge is -2.35. The van der Waals surface area contributed by atoms with E-state index in [2.05, 4.69) is 10.3 Å². The van der Waals surface area contributed by atoms with Crippen LogP contribution in [0.25, 0.3) is 0 Å². The molecule has 0 bridgehead atoms. The number of benzene rings is 1. The van der Waals surface area contributed by atoms with Gasteiger partial charge in [0.2, 0.25) is 15.9 Å². The van der Waals surface area contributed by atoms with Gasteiger partial charge in [0.25, 0.3) is 0 Å². The highest BCUT2D eigenvalue weighted by molar-refractivity contribution is 7.89. The summed E-state index contributed by atoms with van der Waals surface area (Å²) in [5.74, 6) is -0.314. The van der Waals surface area contributed by atoms with Gasteiger partial charge in [0, 0.05) is 45.3 Å². The molecule has 2 aliphatic heterocycles. The fourth-order valence-electron chi connectivity index (χ4n) is 4.74. The molecule has 1 aromatic heterocycles. The van der Waals surface area contributed by atoms with Crippen LogP contribution in [0, 0.1) is 11.8 Å². The van der Waals surface area contributed by atoms with E-state index in [1.165, 1.54) is 26.7 Å². The number of anilines is 1. The lowest BCUT2D eigenvalue weighted by Crippen LogP contribution is -2.51. The summed E-state index contributed by atoms with van der Waals surface area (Å²) in [5.41, 5.74) is 0.258. The van der Waals surface area contributed by atoms with E-state index in [9.17, 15) is 18.0 Å². The van der Waals surface area contributed by atoms with Crippen LogP contribution in [0.2, 0.25) is 4.34 Å². The summed E-state index contributed by atoms with van der Waals surface area (Å²) in [6.07, 6.45) is 3.08. The maximum atomic E-state index is 13.3. The quantitative estimate of drug-likeness (QED) is 0.506. The predicted octanol–water partition coefficient (Wildman–Crippen LogP) is 4.26. The molecule has 1 N–H and O–H groups in total. The second-order valence-corrected chi connectivity index (χ2v) is 14.3. The molecule has 2 amide bonds. The Bertz CT molecular complexity index is 1250. The third-order valence-electron chi connectivity index (χ3n) is 6.79. The van der Waals surface area contributed by atoms with Crippen LogP contribution in [0.15, 0.2) is 35.4 Å². The van der Waals surface area contributed by atoms with E-state index in [1.807, 2.05) is 0 Å². The number of amides is 2. The number of hydrogen-bond acceptors (Lipinski definition) is 8. The van der Waals surface area contributed by atoms with Gasteiger partial charge in [-0.2, -0.15) is 4.31 Å². The molecule has 4 rings (SSSR count). The molecular formula is C26H35ClN4O6S2. The van der Waals surface area contributed by atoms with Crippen molar-refractivity contribution in [2.45, 2.75) is 50.5 Å². The average Bonchev–Trinajstić information content (AvgIpc) is 3.31. The maximum Gasteiger partial charge on any atom is 0.410 e. The molecule has 1 unspecified atom stereocenters. The Morgan fingerprint density at radius 3 is 2.36 bits per heavy atom. The van der Waals surface area contributed by atoms with Crippen LogP contribution in [-0.2, 0) is 30.7 Å². The first kappa shape index (κ1) is 29.7. The number of ether oxygens (including phenoxy) is 2. The smallest absolute Gasteiger partial charge is 0.410 e. The van der Waals surface area contributed by atoms with Crippen molar-refractivity contribution in [1.82, 2.24) is 14.2 Å². The predicted molar refractivity (Wildman–Crippen MR) is 149 cm³/mol. The van der Waals surface area contributed by atoms with Crippen LogP contribution in [0.5, 0.6) is 0 Å². The molecular weight excluding hydrogens is 564 g/mol. The Kier molecular flexibility index (Phi) is 9.53. The normalized spacial score (nSPS) is 18.5. The van der Waals surface area contributed by atoms with Crippen molar-refractivity contribution in [3.05, 3.63) is 40.4 Å². The van der Waals surface area contributed by atoms with Crippen molar-refractivity contribution >= 4 is 50.1 Å². The zero-order valence-corrected chi connectivity index (χ0v) is 24.8. The number of carbonyl (C=O) groups excluding carboxylic acids is 2. The van der Waals surface area contributed by atoms with E-state index >= 15 is 0 Å². The molecule has 0 spiro atoms. The summed E-state index contributed by atoms with van der Waals surface area (Å²) in [6, 6.07) is 6.71. The zero-order valence-electron chi connectivity index (χ0n) is 22.4. The van der Waals surface area contributed by atoms with Crippen molar-refractivity contribution in [2.75, 3.05) is 44.7 Å². The number of hydrogen-bond donors (Lipinski definition) is 1. The highest BCUT2D eigenvalue weighted by atomic mass is 35.5. The highest BCUT2D eigenvalue weighted by Gasteiger charge is 2.33. The van der Waals surface area contributed by atoms with E-state index < -0.39 is 21.7 Å². The van der Waals surface area contributed by atoms with Gasteiger partial charge in [-0.25, -0.2) is 18.2 Å². The summed E-state index contributed by atoms with van der Waals surface area (Å²) in [4.78, 5) is 31.4. The van der Waals surface area contributed by atoms with Crippen LogP contribution in [0.3, 0.4) is 0 Å². The number of piperazine rings is 1. The molecule has 1 atom stereocenters. The van der Waals surface area contributed by atoms with Crippen LogP contribution < -0.4 is 5.32 Å². The Morgan fingerprint density at radius 1 is 1.15 bits per heavy atom. The summed E-state index contributed by atoms with van der Waals surface area (Å²) < 4.78 is 39.3. The van der Waals surface area contributed by atoms with Crippen LogP contribution in [0.1, 0.15) is 39.2 Å². The van der Waals surface area contributed by atoms with Crippen molar-refractivity contribution < 1.29 is 27.5 Å². The first-order valence-electron chi connectivity index (χ1n) is 13.0. The van der Waals surface area contributed by atoms with Crippen molar-refractivity contribution in [3.63, 3.8) is 0 Å². The van der Waals surface area contributed by atoms with E-state index in [0.29, 0.717) is 29.1 Å². The summed E-state index contributed by atoms with van der Waals surface area (Å²) in [5, 5.41) is 3.34. The van der Waals surface area contributed by atoms with E-state index in [-0.39, 0.29) is 48.8 Å². The number of carbonyl (C=O) groups is 2. The van der Waals surface area contributed by atoms with Gasteiger partial charge in [0.05, 0.1) is 11.1 Å².